The molecular weight excluding hydrogens is 308 g/mol. The number of nitrogens with one attached hydrogen (secondary N) is 1. The van der Waals surface area contributed by atoms with Gasteiger partial charge in [0.05, 0.1) is 12.2 Å². The molecule has 0 unspecified atom stereocenters. The molecule has 1 amide bonds. The summed E-state index contributed by atoms with van der Waals surface area (Å²) >= 11 is 0. The topological polar surface area (TPSA) is 78.9 Å². The molecule has 6 heteroatoms. The van der Waals surface area contributed by atoms with Gasteiger partial charge in [-0.2, -0.15) is 0 Å². The van der Waals surface area contributed by atoms with E-state index in [2.05, 4.69) is 5.32 Å². The first kappa shape index (κ1) is 20.0. The van der Waals surface area contributed by atoms with Crippen LogP contribution in [-0.2, 0) is 9.53 Å². The highest BCUT2D eigenvalue weighted by atomic mass is 16.5. The average Bonchev–Trinajstić information content (AvgIpc) is 2.52. The highest BCUT2D eigenvalue weighted by Gasteiger charge is 2.28. The van der Waals surface area contributed by atoms with Gasteiger partial charge in [-0.05, 0) is 46.8 Å². The Hall–Kier alpha value is -2.08. The van der Waals surface area contributed by atoms with Gasteiger partial charge < -0.3 is 20.1 Å². The van der Waals surface area contributed by atoms with E-state index in [1.54, 1.807) is 36.1 Å². The molecule has 2 N–H and O–H groups in total. The number of carbonyl (C=O) groups excluding carboxylic acids is 2. The van der Waals surface area contributed by atoms with E-state index in [4.69, 9.17) is 9.84 Å². The van der Waals surface area contributed by atoms with Crippen molar-refractivity contribution in [1.82, 2.24) is 4.90 Å². The fraction of sp³-hybridized carbons (Fsp3) is 0.556. The zero-order valence-electron chi connectivity index (χ0n) is 15.1. The number of aliphatic hydroxyl groups excluding tert-OH is 1. The maximum Gasteiger partial charge on any atom is 0.341 e. The van der Waals surface area contributed by atoms with E-state index >= 15 is 0 Å². The van der Waals surface area contributed by atoms with Gasteiger partial charge in [0.15, 0.2) is 6.10 Å². The van der Waals surface area contributed by atoms with Crippen LogP contribution in [0.15, 0.2) is 24.3 Å². The predicted octanol–water partition coefficient (Wildman–Crippen LogP) is 2.28. The normalized spacial score (nSPS) is 12.2. The number of benzene rings is 1. The molecule has 0 aromatic heterocycles. The molecule has 1 aromatic rings. The van der Waals surface area contributed by atoms with Gasteiger partial charge in [-0.1, -0.05) is 12.1 Å². The van der Waals surface area contributed by atoms with Gasteiger partial charge in [0, 0.05) is 24.3 Å². The highest BCUT2D eigenvalue weighted by molar-refractivity contribution is 5.97. The fourth-order valence-electron chi connectivity index (χ4n) is 2.60. The van der Waals surface area contributed by atoms with E-state index in [0.717, 1.165) is 0 Å². The van der Waals surface area contributed by atoms with Gasteiger partial charge in [-0.15, -0.1) is 0 Å². The SMILES string of the molecule is CC(C)N(C(=O)[C@H](C)OC(=O)c1ccccc1NCCO)C(C)C. The van der Waals surface area contributed by atoms with Crippen molar-refractivity contribution < 1.29 is 19.4 Å². The number of amides is 1. The number of rotatable bonds is 8. The first-order chi connectivity index (χ1) is 11.3. The third kappa shape index (κ3) is 5.23. The molecule has 0 saturated heterocycles. The Morgan fingerprint density at radius 3 is 2.25 bits per heavy atom. The van der Waals surface area contributed by atoms with Crippen LogP contribution in [0, 0.1) is 0 Å². The van der Waals surface area contributed by atoms with E-state index in [0.29, 0.717) is 17.8 Å². The van der Waals surface area contributed by atoms with Crippen molar-refractivity contribution in [1.29, 1.82) is 0 Å². The lowest BCUT2D eigenvalue weighted by Gasteiger charge is -2.32. The van der Waals surface area contributed by atoms with Crippen LogP contribution >= 0.6 is 0 Å². The summed E-state index contributed by atoms with van der Waals surface area (Å²) in [6, 6.07) is 6.91. The molecule has 0 radical (unpaired) electrons. The first-order valence-corrected chi connectivity index (χ1v) is 8.26. The second kappa shape index (κ2) is 9.27. The molecule has 134 valence electrons. The second-order valence-electron chi connectivity index (χ2n) is 6.18. The molecule has 1 rings (SSSR count). The monoisotopic (exact) mass is 336 g/mol. The molecule has 0 bridgehead atoms. The molecule has 0 aliphatic heterocycles. The Kier molecular flexibility index (Phi) is 7.71. The molecule has 0 fully saturated rings. The van der Waals surface area contributed by atoms with Crippen molar-refractivity contribution in [2.45, 2.75) is 52.8 Å². The van der Waals surface area contributed by atoms with Crippen molar-refractivity contribution in [2.24, 2.45) is 0 Å². The Morgan fingerprint density at radius 1 is 1.12 bits per heavy atom. The van der Waals surface area contributed by atoms with Gasteiger partial charge in [-0.3, -0.25) is 4.79 Å². The quantitative estimate of drug-likeness (QED) is 0.712. The minimum absolute atomic E-state index is 0.0251. The molecule has 0 heterocycles. The summed E-state index contributed by atoms with van der Waals surface area (Å²) in [7, 11) is 0. The van der Waals surface area contributed by atoms with Crippen LogP contribution in [0.5, 0.6) is 0 Å². The van der Waals surface area contributed by atoms with Crippen molar-refractivity contribution in [3.8, 4) is 0 Å². The fourth-order valence-corrected chi connectivity index (χ4v) is 2.60. The molecule has 0 spiro atoms. The summed E-state index contributed by atoms with van der Waals surface area (Å²) in [6.07, 6.45) is -0.867. The number of para-hydroxylation sites is 1. The summed E-state index contributed by atoms with van der Waals surface area (Å²) in [5.74, 6) is -0.779. The van der Waals surface area contributed by atoms with Crippen LogP contribution in [0.25, 0.3) is 0 Å². The zero-order valence-corrected chi connectivity index (χ0v) is 15.1. The number of anilines is 1. The summed E-state index contributed by atoms with van der Waals surface area (Å²) < 4.78 is 5.37. The molecule has 6 nitrogen and oxygen atoms in total. The smallest absolute Gasteiger partial charge is 0.341 e. The lowest BCUT2D eigenvalue weighted by Crippen LogP contribution is -2.47. The third-order valence-corrected chi connectivity index (χ3v) is 3.57. The Bertz CT molecular complexity index is 550. The number of nitrogens with zero attached hydrogens (tertiary/aromatic N) is 1. The van der Waals surface area contributed by atoms with Crippen molar-refractivity contribution in [3.05, 3.63) is 29.8 Å². The number of carbonyl (C=O) groups is 2. The van der Waals surface area contributed by atoms with Crippen molar-refractivity contribution in [2.75, 3.05) is 18.5 Å². The van der Waals surface area contributed by atoms with Crippen LogP contribution in [-0.4, -0.2) is 53.2 Å². The summed E-state index contributed by atoms with van der Waals surface area (Å²) in [5.41, 5.74) is 0.909. The van der Waals surface area contributed by atoms with E-state index in [1.165, 1.54) is 0 Å². The standard InChI is InChI=1S/C18H28N2O4/c1-12(2)20(13(3)4)17(22)14(5)24-18(23)15-8-6-7-9-16(15)19-10-11-21/h6-9,12-14,19,21H,10-11H2,1-5H3/t14-/m0/s1. The summed E-state index contributed by atoms with van der Waals surface area (Å²) in [4.78, 5) is 26.7. The van der Waals surface area contributed by atoms with Crippen molar-refractivity contribution >= 4 is 17.6 Å². The molecule has 24 heavy (non-hydrogen) atoms. The van der Waals surface area contributed by atoms with Crippen molar-refractivity contribution in [3.63, 3.8) is 0 Å². The maximum atomic E-state index is 12.5. The first-order valence-electron chi connectivity index (χ1n) is 8.26. The van der Waals surface area contributed by atoms with E-state index < -0.39 is 12.1 Å². The van der Waals surface area contributed by atoms with Gasteiger partial charge in [0.2, 0.25) is 0 Å². The highest BCUT2D eigenvalue weighted by Crippen LogP contribution is 2.18. The van der Waals surface area contributed by atoms with E-state index in [1.807, 2.05) is 27.7 Å². The lowest BCUT2D eigenvalue weighted by molar-refractivity contribution is -0.143. The van der Waals surface area contributed by atoms with E-state index in [9.17, 15) is 9.59 Å². The predicted molar refractivity (Wildman–Crippen MR) is 94.0 cm³/mol. The van der Waals surface area contributed by atoms with Gasteiger partial charge in [0.25, 0.3) is 5.91 Å². The molecular formula is C18H28N2O4. The molecule has 0 aliphatic carbocycles. The molecule has 0 aliphatic rings. The number of aliphatic hydroxyl groups is 1. The van der Waals surface area contributed by atoms with Crippen LogP contribution in [0.3, 0.4) is 0 Å². The minimum Gasteiger partial charge on any atom is -0.449 e. The lowest BCUT2D eigenvalue weighted by atomic mass is 10.1. The van der Waals surface area contributed by atoms with Crippen LogP contribution in [0.1, 0.15) is 45.0 Å². The number of hydrogen-bond donors (Lipinski definition) is 2. The van der Waals surface area contributed by atoms with Gasteiger partial charge in [-0.25, -0.2) is 4.79 Å². The Balaban J connectivity index is 2.85. The third-order valence-electron chi connectivity index (χ3n) is 3.57. The Labute approximate surface area is 143 Å². The minimum atomic E-state index is -0.867. The molecule has 0 saturated carbocycles. The largest absolute Gasteiger partial charge is 0.449 e. The Morgan fingerprint density at radius 2 is 1.71 bits per heavy atom. The average molecular weight is 336 g/mol. The number of hydrogen-bond acceptors (Lipinski definition) is 5. The van der Waals surface area contributed by atoms with Crippen LogP contribution in [0.2, 0.25) is 0 Å². The number of ether oxygens (including phenoxy) is 1. The maximum absolute atomic E-state index is 12.5. The molecule has 1 atom stereocenters. The van der Waals surface area contributed by atoms with Gasteiger partial charge >= 0.3 is 5.97 Å². The zero-order chi connectivity index (χ0) is 18.3. The summed E-state index contributed by atoms with van der Waals surface area (Å²) in [5, 5.41) is 11.9. The van der Waals surface area contributed by atoms with Gasteiger partial charge in [0.1, 0.15) is 0 Å². The number of esters is 1. The van der Waals surface area contributed by atoms with Crippen LogP contribution in [0.4, 0.5) is 5.69 Å². The second-order valence-corrected chi connectivity index (χ2v) is 6.18. The van der Waals surface area contributed by atoms with E-state index in [-0.39, 0.29) is 24.6 Å². The van der Waals surface area contributed by atoms with Crippen LogP contribution < -0.4 is 5.32 Å². The molecule has 1 aromatic carbocycles. The summed E-state index contributed by atoms with van der Waals surface area (Å²) in [6.45, 7) is 9.59.